The minimum absolute atomic E-state index is 0.486. The first-order chi connectivity index (χ1) is 10.5. The molecule has 0 amide bonds. The van der Waals surface area contributed by atoms with E-state index >= 15 is 0 Å². The van der Waals surface area contributed by atoms with Crippen LogP contribution in [-0.4, -0.2) is 71.4 Å². The fourth-order valence-electron chi connectivity index (χ4n) is 2.43. The summed E-state index contributed by atoms with van der Waals surface area (Å²) in [6.07, 6.45) is 4.00. The van der Waals surface area contributed by atoms with Gasteiger partial charge in [0.05, 0.1) is 6.26 Å². The van der Waals surface area contributed by atoms with Crippen LogP contribution in [0.5, 0.6) is 0 Å². The molecule has 0 unspecified atom stereocenters. The maximum atomic E-state index is 11.5. The molecule has 1 saturated heterocycles. The summed E-state index contributed by atoms with van der Waals surface area (Å²) in [7, 11) is -1.29. The Kier molecular flexibility index (Phi) is 8.74. The van der Waals surface area contributed by atoms with Crippen molar-refractivity contribution in [3.05, 3.63) is 0 Å². The molecule has 0 atom stereocenters. The molecule has 0 radical (unpaired) electrons. The molecule has 0 aliphatic carbocycles. The van der Waals surface area contributed by atoms with Crippen molar-refractivity contribution >= 4 is 16.0 Å². The highest BCUT2D eigenvalue weighted by atomic mass is 32.2. The van der Waals surface area contributed by atoms with Gasteiger partial charge in [-0.3, -0.25) is 4.99 Å². The zero-order valence-corrected chi connectivity index (χ0v) is 14.8. The van der Waals surface area contributed by atoms with E-state index in [4.69, 9.17) is 4.74 Å². The smallest absolute Gasteiger partial charge is 0.211 e. The zero-order chi connectivity index (χ0) is 16.4. The van der Waals surface area contributed by atoms with Gasteiger partial charge in [-0.2, -0.15) is 0 Å². The Balaban J connectivity index is 2.19. The van der Waals surface area contributed by atoms with Crippen LogP contribution in [0.25, 0.3) is 0 Å². The minimum Gasteiger partial charge on any atom is -0.382 e. The van der Waals surface area contributed by atoms with Crippen LogP contribution in [0.3, 0.4) is 0 Å². The lowest BCUT2D eigenvalue weighted by Gasteiger charge is -2.30. The number of guanidine groups is 1. The van der Waals surface area contributed by atoms with Gasteiger partial charge in [0, 0.05) is 46.4 Å². The van der Waals surface area contributed by atoms with Gasteiger partial charge in [-0.05, 0) is 32.1 Å². The van der Waals surface area contributed by atoms with Gasteiger partial charge >= 0.3 is 0 Å². The molecule has 1 rings (SSSR count). The Morgan fingerprint density at radius 1 is 1.32 bits per heavy atom. The summed E-state index contributed by atoms with van der Waals surface area (Å²) in [4.78, 5) is 4.19. The van der Waals surface area contributed by atoms with E-state index in [1.165, 1.54) is 6.26 Å². The van der Waals surface area contributed by atoms with E-state index in [0.29, 0.717) is 19.0 Å². The summed E-state index contributed by atoms with van der Waals surface area (Å²) in [5, 5.41) is 6.57. The molecule has 0 spiro atoms. The minimum atomic E-state index is -3.04. The van der Waals surface area contributed by atoms with Crippen molar-refractivity contribution < 1.29 is 13.2 Å². The second-order valence-electron chi connectivity index (χ2n) is 5.54. The van der Waals surface area contributed by atoms with E-state index in [-0.39, 0.29) is 0 Å². The first-order valence-corrected chi connectivity index (χ1v) is 9.79. The van der Waals surface area contributed by atoms with Gasteiger partial charge in [0.2, 0.25) is 10.0 Å². The Morgan fingerprint density at radius 2 is 2.00 bits per heavy atom. The lowest BCUT2D eigenvalue weighted by Crippen LogP contribution is -2.44. The third-order valence-corrected chi connectivity index (χ3v) is 5.09. The number of nitrogens with zero attached hydrogens (tertiary/aromatic N) is 2. The van der Waals surface area contributed by atoms with Crippen molar-refractivity contribution in [3.63, 3.8) is 0 Å². The van der Waals surface area contributed by atoms with Crippen LogP contribution in [0.4, 0.5) is 0 Å². The highest BCUT2D eigenvalue weighted by Crippen LogP contribution is 2.18. The third-order valence-electron chi connectivity index (χ3n) is 3.79. The molecule has 1 heterocycles. The number of rotatable bonds is 8. The predicted octanol–water partition coefficient (Wildman–Crippen LogP) is 0.250. The Hall–Kier alpha value is -0.860. The van der Waals surface area contributed by atoms with Crippen LogP contribution in [0.1, 0.15) is 26.2 Å². The maximum absolute atomic E-state index is 11.5. The number of sulfonamides is 1. The van der Waals surface area contributed by atoms with E-state index < -0.39 is 10.0 Å². The van der Waals surface area contributed by atoms with Crippen LogP contribution in [0, 0.1) is 5.92 Å². The van der Waals surface area contributed by atoms with Gasteiger partial charge < -0.3 is 15.4 Å². The highest BCUT2D eigenvalue weighted by Gasteiger charge is 2.24. The average molecular weight is 334 g/mol. The van der Waals surface area contributed by atoms with Gasteiger partial charge in [0.25, 0.3) is 0 Å². The SMILES string of the molecule is CCOCCCNC(=NC)NCC1CCN(S(C)(=O)=O)CC1. The molecule has 1 aliphatic rings. The molecule has 7 nitrogen and oxygen atoms in total. The molecule has 0 aromatic carbocycles. The van der Waals surface area contributed by atoms with Crippen molar-refractivity contribution in [3.8, 4) is 0 Å². The van der Waals surface area contributed by atoms with Crippen molar-refractivity contribution in [2.45, 2.75) is 26.2 Å². The summed E-state index contributed by atoms with van der Waals surface area (Å²) >= 11 is 0. The Morgan fingerprint density at radius 3 is 2.55 bits per heavy atom. The average Bonchev–Trinajstić information content (AvgIpc) is 2.49. The van der Waals surface area contributed by atoms with Crippen LogP contribution >= 0.6 is 0 Å². The summed E-state index contributed by atoms with van der Waals surface area (Å²) in [5.41, 5.74) is 0. The zero-order valence-electron chi connectivity index (χ0n) is 14.0. The molecule has 1 aliphatic heterocycles. The molecule has 0 saturated carbocycles. The second kappa shape index (κ2) is 10.0. The summed E-state index contributed by atoms with van der Waals surface area (Å²) in [5.74, 6) is 1.28. The van der Waals surface area contributed by atoms with E-state index in [1.807, 2.05) is 6.92 Å². The first kappa shape index (κ1) is 19.2. The lowest BCUT2D eigenvalue weighted by molar-refractivity contribution is 0.145. The van der Waals surface area contributed by atoms with Crippen molar-refractivity contribution in [2.24, 2.45) is 10.9 Å². The predicted molar refractivity (Wildman–Crippen MR) is 89.6 cm³/mol. The molecule has 2 N–H and O–H groups in total. The third kappa shape index (κ3) is 7.42. The standard InChI is InChI=1S/C14H30N4O3S/c1-4-21-11-5-8-16-14(15-2)17-12-13-6-9-18(10-7-13)22(3,19)20/h13H,4-12H2,1-3H3,(H2,15,16,17). The van der Waals surface area contributed by atoms with E-state index in [0.717, 1.165) is 51.5 Å². The number of aliphatic imine (C=N–C) groups is 1. The summed E-state index contributed by atoms with van der Waals surface area (Å²) in [6.45, 7) is 6.37. The van der Waals surface area contributed by atoms with Crippen LogP contribution in [0.15, 0.2) is 4.99 Å². The number of hydrogen-bond acceptors (Lipinski definition) is 4. The molecule has 0 bridgehead atoms. The van der Waals surface area contributed by atoms with Crippen LogP contribution in [0.2, 0.25) is 0 Å². The highest BCUT2D eigenvalue weighted by molar-refractivity contribution is 7.88. The Labute approximate surface area is 134 Å². The molecule has 130 valence electrons. The topological polar surface area (TPSA) is 83.0 Å². The van der Waals surface area contributed by atoms with Gasteiger partial charge in [-0.25, -0.2) is 12.7 Å². The van der Waals surface area contributed by atoms with Crippen LogP contribution < -0.4 is 10.6 Å². The maximum Gasteiger partial charge on any atom is 0.211 e. The fourth-order valence-corrected chi connectivity index (χ4v) is 3.31. The van der Waals surface area contributed by atoms with Crippen molar-refractivity contribution in [1.29, 1.82) is 0 Å². The molecule has 8 heteroatoms. The lowest BCUT2D eigenvalue weighted by atomic mass is 9.98. The number of hydrogen-bond donors (Lipinski definition) is 2. The molecule has 22 heavy (non-hydrogen) atoms. The van der Waals surface area contributed by atoms with Gasteiger partial charge in [0.15, 0.2) is 5.96 Å². The van der Waals surface area contributed by atoms with E-state index in [2.05, 4.69) is 15.6 Å². The largest absolute Gasteiger partial charge is 0.382 e. The number of nitrogens with one attached hydrogen (secondary N) is 2. The van der Waals surface area contributed by atoms with Crippen LogP contribution in [-0.2, 0) is 14.8 Å². The van der Waals surface area contributed by atoms with Crippen molar-refractivity contribution in [1.82, 2.24) is 14.9 Å². The summed E-state index contributed by atoms with van der Waals surface area (Å²) in [6, 6.07) is 0. The fraction of sp³-hybridized carbons (Fsp3) is 0.929. The normalized spacial score (nSPS) is 18.4. The number of piperidine rings is 1. The van der Waals surface area contributed by atoms with E-state index in [1.54, 1.807) is 11.4 Å². The Bertz CT molecular complexity index is 431. The van der Waals surface area contributed by atoms with Crippen molar-refractivity contribution in [2.75, 3.05) is 52.7 Å². The molecule has 1 fully saturated rings. The molecule has 0 aromatic rings. The van der Waals surface area contributed by atoms with Gasteiger partial charge in [0.1, 0.15) is 0 Å². The first-order valence-electron chi connectivity index (χ1n) is 7.94. The quantitative estimate of drug-likeness (QED) is 0.378. The molecular weight excluding hydrogens is 304 g/mol. The molecular formula is C14H30N4O3S. The number of ether oxygens (including phenoxy) is 1. The van der Waals surface area contributed by atoms with Gasteiger partial charge in [-0.15, -0.1) is 0 Å². The van der Waals surface area contributed by atoms with Gasteiger partial charge in [-0.1, -0.05) is 0 Å². The summed E-state index contributed by atoms with van der Waals surface area (Å²) < 4.78 is 29.8. The second-order valence-corrected chi connectivity index (χ2v) is 7.52. The monoisotopic (exact) mass is 334 g/mol. The molecule has 0 aromatic heterocycles. The van der Waals surface area contributed by atoms with E-state index in [9.17, 15) is 8.42 Å².